The molecule has 0 bridgehead atoms. The van der Waals surface area contributed by atoms with Gasteiger partial charge in [-0.3, -0.25) is 4.98 Å². The zero-order chi connectivity index (χ0) is 19.2. The summed E-state index contributed by atoms with van der Waals surface area (Å²) in [6, 6.07) is 18.8. The molecule has 0 saturated heterocycles. The summed E-state index contributed by atoms with van der Waals surface area (Å²) in [7, 11) is 1.69. The summed E-state index contributed by atoms with van der Waals surface area (Å²) in [6.07, 6.45) is -3.19. The molecule has 1 heterocycles. The Bertz CT molecular complexity index is 883. The number of nitrogens with zero attached hydrogens (tertiary/aromatic N) is 1. The number of carboxylic acid groups (broad SMARTS) is 1. The topological polar surface area (TPSA) is 62.2 Å². The van der Waals surface area contributed by atoms with E-state index in [1.807, 2.05) is 30.5 Å². The third kappa shape index (κ3) is 5.87. The largest absolute Gasteiger partial charge is 0.542 e. The first-order chi connectivity index (χ1) is 12.3. The Hall–Kier alpha value is -2.36. The fourth-order valence-electron chi connectivity index (χ4n) is 1.86. The minimum absolute atomic E-state index is 0.182. The number of carboxylic acids is 1. The second kappa shape index (κ2) is 8.84. The summed E-state index contributed by atoms with van der Waals surface area (Å²) < 4.78 is 39.4. The molecule has 4 nitrogen and oxygen atoms in total. The molecular weight excluding hydrogens is 462 g/mol. The number of fused-ring (bicyclic) bond motifs is 1. The molecule has 0 aliphatic carbocycles. The normalized spacial score (nSPS) is 10.8. The van der Waals surface area contributed by atoms with Crippen LogP contribution in [0.4, 0.5) is 13.2 Å². The molecular formula is C18H13F3INO3. The number of hydrogen-bond donors (Lipinski definition) is 0. The minimum atomic E-state index is -5.19. The predicted molar refractivity (Wildman–Crippen MR) is 83.2 cm³/mol. The highest BCUT2D eigenvalue weighted by Gasteiger charge is 2.28. The Balaban J connectivity index is 0.000000298. The summed E-state index contributed by atoms with van der Waals surface area (Å²) in [5, 5.41) is 10.0. The maximum Gasteiger partial charge on any atom is 0.430 e. The van der Waals surface area contributed by atoms with Gasteiger partial charge in [-0.25, -0.2) is 0 Å². The van der Waals surface area contributed by atoms with E-state index in [0.29, 0.717) is 0 Å². The van der Waals surface area contributed by atoms with Crippen molar-refractivity contribution < 1.29 is 49.0 Å². The van der Waals surface area contributed by atoms with E-state index in [1.165, 1.54) is 12.5 Å². The number of hydrogen-bond acceptors (Lipinski definition) is 4. The van der Waals surface area contributed by atoms with Crippen LogP contribution >= 0.6 is 0 Å². The van der Waals surface area contributed by atoms with Gasteiger partial charge < -0.3 is 14.6 Å². The number of halogens is 4. The van der Waals surface area contributed by atoms with Gasteiger partial charge in [-0.1, -0.05) is 18.2 Å². The van der Waals surface area contributed by atoms with E-state index >= 15 is 0 Å². The lowest BCUT2D eigenvalue weighted by atomic mass is 10.2. The first kappa shape index (κ1) is 20.0. The van der Waals surface area contributed by atoms with Crippen LogP contribution in [0.15, 0.2) is 60.8 Å². The number of pyridine rings is 1. The SMILES string of the molecule is COc1ccc([I+]c2cnc3ccccc3c2)cc1.O=C([O-])C(F)(F)F. The van der Waals surface area contributed by atoms with Gasteiger partial charge in [0, 0.05) is 11.5 Å². The molecule has 8 heteroatoms. The molecule has 0 unspecified atom stereocenters. The molecule has 1 aromatic heterocycles. The quantitative estimate of drug-likeness (QED) is 0.488. The van der Waals surface area contributed by atoms with Crippen LogP contribution < -0.4 is 31.0 Å². The number of para-hydroxylation sites is 1. The third-order valence-corrected chi connectivity index (χ3v) is 5.61. The second-order valence-corrected chi connectivity index (χ2v) is 7.91. The average molecular weight is 475 g/mol. The van der Waals surface area contributed by atoms with Gasteiger partial charge in [-0.2, -0.15) is 13.2 Å². The molecule has 0 saturated carbocycles. The molecule has 0 N–H and O–H groups in total. The molecule has 0 aliphatic heterocycles. The molecule has 3 rings (SSSR count). The van der Waals surface area contributed by atoms with Crippen molar-refractivity contribution in [1.29, 1.82) is 0 Å². The highest BCUT2D eigenvalue weighted by atomic mass is 127. The number of ether oxygens (including phenoxy) is 1. The molecule has 0 radical (unpaired) electrons. The van der Waals surface area contributed by atoms with Gasteiger partial charge in [0.05, 0.1) is 18.8 Å². The van der Waals surface area contributed by atoms with Gasteiger partial charge in [0.15, 0.2) is 3.57 Å². The molecule has 3 aromatic rings. The number of carbonyl (C=O) groups is 1. The summed E-state index contributed by atoms with van der Waals surface area (Å²) in [5.41, 5.74) is 1.06. The van der Waals surface area contributed by atoms with E-state index in [9.17, 15) is 13.2 Å². The Morgan fingerprint density at radius 2 is 1.69 bits per heavy atom. The molecule has 0 fully saturated rings. The van der Waals surface area contributed by atoms with Crippen LogP contribution in [0.25, 0.3) is 10.9 Å². The minimum Gasteiger partial charge on any atom is -0.542 e. The summed E-state index contributed by atoms with van der Waals surface area (Å²) >= 11 is -0.182. The maximum atomic E-state index is 10.5. The Morgan fingerprint density at radius 1 is 1.08 bits per heavy atom. The molecule has 26 heavy (non-hydrogen) atoms. The molecule has 0 spiro atoms. The van der Waals surface area contributed by atoms with Gasteiger partial charge >= 0.3 is 27.4 Å². The highest BCUT2D eigenvalue weighted by molar-refractivity contribution is 5.77. The lowest BCUT2D eigenvalue weighted by Gasteiger charge is -2.03. The van der Waals surface area contributed by atoms with Crippen LogP contribution in [0.2, 0.25) is 0 Å². The summed E-state index contributed by atoms with van der Waals surface area (Å²) in [6.45, 7) is 0. The fraction of sp³-hybridized carbons (Fsp3) is 0.111. The number of carbonyl (C=O) groups excluding carboxylic acids is 1. The van der Waals surface area contributed by atoms with Crippen molar-refractivity contribution in [3.8, 4) is 5.75 Å². The number of benzene rings is 2. The van der Waals surface area contributed by atoms with Crippen LogP contribution in [-0.4, -0.2) is 24.2 Å². The van der Waals surface area contributed by atoms with Gasteiger partial charge in [-0.15, -0.1) is 0 Å². The molecule has 0 aliphatic rings. The molecule has 0 amide bonds. The summed E-state index contributed by atoms with van der Waals surface area (Å²) in [4.78, 5) is 13.3. The monoisotopic (exact) mass is 475 g/mol. The number of rotatable bonds is 3. The van der Waals surface area contributed by atoms with E-state index in [-0.39, 0.29) is 21.2 Å². The van der Waals surface area contributed by atoms with Crippen molar-refractivity contribution in [1.82, 2.24) is 4.98 Å². The van der Waals surface area contributed by atoms with Crippen LogP contribution in [0.5, 0.6) is 5.75 Å². The third-order valence-electron chi connectivity index (χ3n) is 3.06. The van der Waals surface area contributed by atoms with Crippen molar-refractivity contribution in [3.63, 3.8) is 0 Å². The van der Waals surface area contributed by atoms with Crippen molar-refractivity contribution in [2.45, 2.75) is 6.18 Å². The molecule has 136 valence electrons. The van der Waals surface area contributed by atoms with E-state index in [2.05, 4.69) is 35.3 Å². The zero-order valence-electron chi connectivity index (χ0n) is 13.5. The number of alkyl halides is 3. The second-order valence-electron chi connectivity index (χ2n) is 4.88. The molecule has 2 aromatic carbocycles. The van der Waals surface area contributed by atoms with E-state index < -0.39 is 12.1 Å². The smallest absolute Gasteiger partial charge is 0.430 e. The van der Waals surface area contributed by atoms with E-state index in [0.717, 1.165) is 11.3 Å². The Kier molecular flexibility index (Phi) is 6.78. The number of aliphatic carboxylic acids is 1. The van der Waals surface area contributed by atoms with Crippen molar-refractivity contribution in [3.05, 3.63) is 67.9 Å². The average Bonchev–Trinajstić information content (AvgIpc) is 2.62. The number of methoxy groups -OCH3 is 1. The maximum absolute atomic E-state index is 10.5. The lowest BCUT2D eigenvalue weighted by molar-refractivity contribution is -0.597. The van der Waals surface area contributed by atoms with Gasteiger partial charge in [0.25, 0.3) is 0 Å². The van der Waals surface area contributed by atoms with Gasteiger partial charge in [-0.05, 0) is 30.3 Å². The fourth-order valence-corrected chi connectivity index (χ4v) is 4.06. The van der Waals surface area contributed by atoms with Crippen LogP contribution in [0, 0.1) is 7.14 Å². The Labute approximate surface area is 157 Å². The first-order valence-corrected chi connectivity index (χ1v) is 9.37. The van der Waals surface area contributed by atoms with Gasteiger partial charge in [0.1, 0.15) is 11.7 Å². The van der Waals surface area contributed by atoms with Crippen LogP contribution in [-0.2, 0) is 4.79 Å². The Morgan fingerprint density at radius 3 is 2.27 bits per heavy atom. The van der Waals surface area contributed by atoms with Crippen molar-refractivity contribution in [2.24, 2.45) is 0 Å². The predicted octanol–water partition coefficient (Wildman–Crippen LogP) is -0.330. The van der Waals surface area contributed by atoms with E-state index in [4.69, 9.17) is 14.6 Å². The van der Waals surface area contributed by atoms with Crippen molar-refractivity contribution >= 4 is 16.9 Å². The lowest BCUT2D eigenvalue weighted by Crippen LogP contribution is -3.61. The standard InChI is InChI=1S/C16H13INO.C2HF3O2/c1-19-15-8-6-13(7-9-15)17-14-10-12-4-2-3-5-16(12)18-11-14;3-2(4,5)1(6)7/h2-11H,1H3;(H,6,7)/q+1;/p-1. The summed E-state index contributed by atoms with van der Waals surface area (Å²) in [5.74, 6) is -2.10. The van der Waals surface area contributed by atoms with Crippen LogP contribution in [0.1, 0.15) is 0 Å². The molecule has 0 atom stereocenters. The first-order valence-electron chi connectivity index (χ1n) is 7.21. The van der Waals surface area contributed by atoms with E-state index in [1.54, 1.807) is 7.11 Å². The van der Waals surface area contributed by atoms with Crippen LogP contribution in [0.3, 0.4) is 0 Å². The highest BCUT2D eigenvalue weighted by Crippen LogP contribution is 2.11. The van der Waals surface area contributed by atoms with Crippen molar-refractivity contribution in [2.75, 3.05) is 7.11 Å². The number of aromatic nitrogens is 1. The zero-order valence-corrected chi connectivity index (χ0v) is 15.6. The van der Waals surface area contributed by atoms with Gasteiger partial charge in [0.2, 0.25) is 3.57 Å².